The summed E-state index contributed by atoms with van der Waals surface area (Å²) in [7, 11) is 0. The lowest BCUT2D eigenvalue weighted by Gasteiger charge is -1.44. The van der Waals surface area contributed by atoms with Crippen LogP contribution in [0.2, 0.25) is 0 Å². The molecule has 0 radical (unpaired) electrons. The van der Waals surface area contributed by atoms with Crippen molar-refractivity contribution >= 4 is 26.6 Å². The van der Waals surface area contributed by atoms with Crippen LogP contribution in [0.25, 0.3) is 0 Å². The van der Waals surface area contributed by atoms with E-state index in [0.29, 0.717) is 0 Å². The highest BCUT2D eigenvalue weighted by Crippen LogP contribution is 1.95. The molecule has 0 atom stereocenters. The van der Waals surface area contributed by atoms with Crippen LogP contribution in [0.1, 0.15) is 0 Å². The second-order valence-corrected chi connectivity index (χ2v) is 3.50. The van der Waals surface area contributed by atoms with Gasteiger partial charge in [0.25, 0.3) is 0 Å². The first-order chi connectivity index (χ1) is 3.35. The molecule has 0 saturated carbocycles. The van der Waals surface area contributed by atoms with Crippen molar-refractivity contribution in [2.24, 2.45) is 0 Å². The summed E-state index contributed by atoms with van der Waals surface area (Å²) in [6, 6.07) is 0. The Bertz CT molecular complexity index is 204. The van der Waals surface area contributed by atoms with Gasteiger partial charge in [-0.25, -0.2) is 9.59 Å². The molecule has 7 heavy (non-hydrogen) atoms. The summed E-state index contributed by atoms with van der Waals surface area (Å²) in [4.78, 5) is 18.9. The van der Waals surface area contributed by atoms with Crippen molar-refractivity contribution in [2.45, 2.75) is 0 Å². The van der Waals surface area contributed by atoms with Crippen LogP contribution >= 0.6 is 18.9 Å². The van der Waals surface area contributed by atoms with Crippen molar-refractivity contribution in [3.63, 3.8) is 0 Å². The minimum atomic E-state index is -2.62. The average Bonchev–Trinajstić information content (AvgIpc) is 1.72. The predicted molar refractivity (Wildman–Crippen MR) is 31.0 cm³/mol. The van der Waals surface area contributed by atoms with Crippen molar-refractivity contribution < 1.29 is 9.59 Å². The maximum Gasteiger partial charge on any atom is 0.176 e. The number of nitriles is 1. The smallest absolute Gasteiger partial charge is 0.176 e. The van der Waals surface area contributed by atoms with E-state index in [1.165, 1.54) is 11.8 Å². The molecule has 0 aliphatic carbocycles. The Morgan fingerprint density at radius 3 is 1.71 bits per heavy atom. The van der Waals surface area contributed by atoms with Gasteiger partial charge in [-0.1, -0.05) is 0 Å². The number of rotatable bonds is 0. The second kappa shape index (κ2) is 3.57. The number of halogens is 1. The maximum atomic E-state index is 9.43. The molecule has 0 N–H and O–H groups in total. The summed E-state index contributed by atoms with van der Waals surface area (Å²) in [6.07, 6.45) is 0. The molecule has 0 aliphatic heterocycles. The van der Waals surface area contributed by atoms with E-state index in [4.69, 9.17) is 5.26 Å². The Labute approximate surface area is 45.9 Å². The summed E-state index contributed by atoms with van der Waals surface area (Å²) < 4.78 is 4.16. The van der Waals surface area contributed by atoms with Gasteiger partial charge < -0.3 is 0 Å². The molecule has 0 aliphatic rings. The van der Waals surface area contributed by atoms with Crippen LogP contribution < -0.4 is 0 Å². The van der Waals surface area contributed by atoms with Gasteiger partial charge in [-0.2, -0.15) is 5.26 Å². The Morgan fingerprint density at radius 1 is 1.29 bits per heavy atom. The van der Waals surface area contributed by atoms with E-state index in [-0.39, 0.29) is 0 Å². The molecule has 0 rings (SSSR count). The maximum absolute atomic E-state index is 9.43. The van der Waals surface area contributed by atoms with Crippen molar-refractivity contribution in [3.8, 4) is 4.08 Å². The van der Waals surface area contributed by atoms with Gasteiger partial charge in [-0.3, -0.25) is 0 Å². The van der Waals surface area contributed by atoms with E-state index in [9.17, 15) is 9.59 Å². The molecular formula is C3INO2. The fourth-order valence-corrected chi connectivity index (χ4v) is 0.337. The molecule has 0 spiro atoms. The van der Waals surface area contributed by atoms with Gasteiger partial charge in [-0.15, -0.1) is 0 Å². The van der Waals surface area contributed by atoms with Crippen molar-refractivity contribution in [3.05, 3.63) is 0 Å². The van der Waals surface area contributed by atoms with Gasteiger partial charge in [0.05, 0.1) is 0 Å². The molecule has 0 aromatic rings. The highest BCUT2D eigenvalue weighted by molar-refractivity contribution is 14.2. The van der Waals surface area contributed by atoms with Gasteiger partial charge >= 0.3 is 0 Å². The summed E-state index contributed by atoms with van der Waals surface area (Å²) in [6.45, 7) is 0. The first-order valence-corrected chi connectivity index (χ1v) is 4.44. The van der Waals surface area contributed by atoms with E-state index < -0.39 is 18.9 Å². The Morgan fingerprint density at radius 2 is 1.71 bits per heavy atom. The van der Waals surface area contributed by atoms with E-state index >= 15 is 0 Å². The van der Waals surface area contributed by atoms with Gasteiger partial charge in [0, 0.05) is 0 Å². The summed E-state index contributed by atoms with van der Waals surface area (Å²) in [5.74, 6) is 0. The first kappa shape index (κ1) is 6.38. The average molecular weight is 209 g/mol. The number of hydrogen-bond acceptors (Lipinski definition) is 3. The summed E-state index contributed by atoms with van der Waals surface area (Å²) in [5.41, 5.74) is 0. The van der Waals surface area contributed by atoms with Gasteiger partial charge in [0.15, 0.2) is 7.75 Å². The first-order valence-electron chi connectivity index (χ1n) is 1.20. The molecule has 4 heteroatoms. The lowest BCUT2D eigenvalue weighted by Crippen LogP contribution is -1.39. The lowest BCUT2D eigenvalue weighted by molar-refractivity contribution is 0.573. The van der Waals surface area contributed by atoms with Crippen LogP contribution in [0.15, 0.2) is 0 Å². The Balaban J connectivity index is 5.05. The van der Waals surface area contributed by atoms with Crippen LogP contribution in [0, 0.1) is 9.34 Å². The normalized spacial score (nSPS) is 6.29. The fraction of sp³-hybridized carbons (Fsp3) is 0. The molecule has 0 bridgehead atoms. The third kappa shape index (κ3) is 2.12. The number of carbonyl (C=O) groups excluding carboxylic acids is 2. The lowest BCUT2D eigenvalue weighted by atomic mass is 11.8. The molecule has 36 valence electrons. The minimum absolute atomic E-state index is 1.32. The quantitative estimate of drug-likeness (QED) is 0.532. The largest absolute Gasteiger partial charge is 0.226 e. The molecular weight excluding hydrogens is 209 g/mol. The molecule has 0 aromatic heterocycles. The molecule has 0 unspecified atom stereocenters. The monoisotopic (exact) mass is 209 g/mol. The zero-order chi connectivity index (χ0) is 5.70. The van der Waals surface area contributed by atoms with Gasteiger partial charge in [-0.05, 0) is 0 Å². The zero-order valence-corrected chi connectivity index (χ0v) is 5.30. The highest BCUT2D eigenvalue weighted by atomic mass is 127. The van der Waals surface area contributed by atoms with Gasteiger partial charge in [0.2, 0.25) is 0 Å². The van der Waals surface area contributed by atoms with Crippen LogP contribution in [-0.2, 0) is 9.59 Å². The van der Waals surface area contributed by atoms with Crippen molar-refractivity contribution in [1.29, 1.82) is 5.26 Å². The Hall–Kier alpha value is -0.620. The zero-order valence-electron chi connectivity index (χ0n) is 3.14. The third-order valence-corrected chi connectivity index (χ3v) is 1.60. The molecule has 3 nitrogen and oxygen atoms in total. The number of hydrogen-bond donors (Lipinski definition) is 0. The summed E-state index contributed by atoms with van der Waals surface area (Å²) >= 11 is -2.62. The molecule has 0 fully saturated rings. The molecule has 0 heterocycles. The van der Waals surface area contributed by atoms with E-state index in [0.717, 1.165) is 0 Å². The van der Waals surface area contributed by atoms with Crippen LogP contribution in [0.4, 0.5) is 0 Å². The molecule has 0 saturated heterocycles. The summed E-state index contributed by atoms with van der Waals surface area (Å²) in [5, 5.41) is 7.82. The predicted octanol–water partition coefficient (Wildman–Crippen LogP) is 0.108. The Kier molecular flexibility index (Phi) is 3.25. The highest BCUT2D eigenvalue weighted by Gasteiger charge is 1.68. The van der Waals surface area contributed by atoms with Crippen molar-refractivity contribution in [1.82, 2.24) is 0 Å². The third-order valence-electron chi connectivity index (χ3n) is 0.239. The van der Waals surface area contributed by atoms with Gasteiger partial charge in [0.1, 0.15) is 22.9 Å². The number of nitrogens with zero attached hydrogens (tertiary/aromatic N) is 1. The topological polar surface area (TPSA) is 57.9 Å². The molecule has 0 aromatic carbocycles. The standard InChI is InChI=1S/C3INO2/c5-1-4(2-6)3-7. The SMILES string of the molecule is N#CI(=C=O)=C=O. The van der Waals surface area contributed by atoms with E-state index in [2.05, 4.69) is 0 Å². The van der Waals surface area contributed by atoms with Crippen LogP contribution in [-0.4, -0.2) is 7.75 Å². The fourth-order valence-electron chi connectivity index (χ4n) is 0.0503. The second-order valence-electron chi connectivity index (χ2n) is 0.522. The van der Waals surface area contributed by atoms with Crippen LogP contribution in [0.3, 0.4) is 0 Å². The van der Waals surface area contributed by atoms with Crippen molar-refractivity contribution in [2.75, 3.05) is 0 Å². The van der Waals surface area contributed by atoms with E-state index in [1.54, 1.807) is 0 Å². The molecule has 0 amide bonds. The van der Waals surface area contributed by atoms with E-state index in [1.807, 2.05) is 0 Å². The minimum Gasteiger partial charge on any atom is -0.226 e. The van der Waals surface area contributed by atoms with Crippen LogP contribution in [0.5, 0.6) is 0 Å².